The predicted molar refractivity (Wildman–Crippen MR) is 53.7 cm³/mol. The fourth-order valence-corrected chi connectivity index (χ4v) is 2.10. The first-order valence-electron chi connectivity index (χ1n) is 5.12. The van der Waals surface area contributed by atoms with Gasteiger partial charge in [-0.05, 0) is 19.4 Å². The van der Waals surface area contributed by atoms with Crippen molar-refractivity contribution in [1.29, 1.82) is 0 Å². The molecule has 1 aromatic rings. The van der Waals surface area contributed by atoms with E-state index in [2.05, 4.69) is 10.00 Å². The highest BCUT2D eigenvalue weighted by Crippen LogP contribution is 2.19. The summed E-state index contributed by atoms with van der Waals surface area (Å²) in [5, 5.41) is 13.3. The highest BCUT2D eigenvalue weighted by molar-refractivity contribution is 5.04. The summed E-state index contributed by atoms with van der Waals surface area (Å²) in [5.41, 5.74) is 1.23. The average Bonchev–Trinajstić information content (AvgIpc) is 2.76. The first-order chi connectivity index (χ1) is 6.79. The second kappa shape index (κ2) is 4.11. The lowest BCUT2D eigenvalue weighted by atomic mass is 10.2. The Labute approximate surface area is 84.1 Å². The van der Waals surface area contributed by atoms with E-state index >= 15 is 0 Å². The van der Waals surface area contributed by atoms with Crippen LogP contribution in [-0.2, 0) is 13.6 Å². The molecule has 0 aliphatic carbocycles. The minimum absolute atomic E-state index is 0.278. The first kappa shape index (κ1) is 9.68. The Bertz CT molecular complexity index is 297. The number of aryl methyl sites for hydroxylation is 1. The lowest BCUT2D eigenvalue weighted by molar-refractivity contribution is 0.153. The molecule has 4 heteroatoms. The third-order valence-corrected chi connectivity index (χ3v) is 2.85. The van der Waals surface area contributed by atoms with Gasteiger partial charge in [0.05, 0.1) is 12.8 Å². The van der Waals surface area contributed by atoms with Crippen LogP contribution in [0.2, 0.25) is 0 Å². The first-order valence-corrected chi connectivity index (χ1v) is 5.12. The Morgan fingerprint density at radius 1 is 1.64 bits per heavy atom. The summed E-state index contributed by atoms with van der Waals surface area (Å²) in [5.74, 6) is 0. The number of aromatic nitrogens is 2. The predicted octanol–water partition coefficient (Wildman–Crippen LogP) is 0.377. The zero-order valence-corrected chi connectivity index (χ0v) is 8.56. The third-order valence-electron chi connectivity index (χ3n) is 2.85. The minimum atomic E-state index is 0.278. The summed E-state index contributed by atoms with van der Waals surface area (Å²) < 4.78 is 1.82. The van der Waals surface area contributed by atoms with Gasteiger partial charge in [-0.1, -0.05) is 0 Å². The van der Waals surface area contributed by atoms with Crippen molar-refractivity contribution in [2.75, 3.05) is 13.2 Å². The molecule has 2 heterocycles. The van der Waals surface area contributed by atoms with Crippen LogP contribution < -0.4 is 0 Å². The Morgan fingerprint density at radius 3 is 3.14 bits per heavy atom. The Hall–Kier alpha value is -0.870. The Morgan fingerprint density at radius 2 is 2.50 bits per heavy atom. The molecule has 0 amide bonds. The lowest BCUT2D eigenvalue weighted by Crippen LogP contribution is -2.31. The van der Waals surface area contributed by atoms with Crippen LogP contribution in [0.3, 0.4) is 0 Å². The number of hydrogen-bond donors (Lipinski definition) is 1. The molecule has 0 saturated carbocycles. The molecule has 78 valence electrons. The van der Waals surface area contributed by atoms with Crippen molar-refractivity contribution in [3.8, 4) is 0 Å². The molecule has 1 saturated heterocycles. The fourth-order valence-electron chi connectivity index (χ4n) is 2.10. The Balaban J connectivity index is 1.96. The van der Waals surface area contributed by atoms with Crippen molar-refractivity contribution in [3.63, 3.8) is 0 Å². The van der Waals surface area contributed by atoms with Crippen molar-refractivity contribution >= 4 is 0 Å². The van der Waals surface area contributed by atoms with Gasteiger partial charge in [-0.25, -0.2) is 0 Å². The maximum Gasteiger partial charge on any atom is 0.0587 e. The molecule has 1 aliphatic heterocycles. The van der Waals surface area contributed by atoms with Crippen LogP contribution in [0.1, 0.15) is 18.4 Å². The van der Waals surface area contributed by atoms with Gasteiger partial charge in [-0.2, -0.15) is 5.10 Å². The van der Waals surface area contributed by atoms with Crippen molar-refractivity contribution in [2.45, 2.75) is 25.4 Å². The maximum atomic E-state index is 9.16. The van der Waals surface area contributed by atoms with Crippen LogP contribution in [0.15, 0.2) is 12.4 Å². The van der Waals surface area contributed by atoms with Crippen molar-refractivity contribution < 1.29 is 5.11 Å². The van der Waals surface area contributed by atoms with Crippen LogP contribution in [0, 0.1) is 0 Å². The van der Waals surface area contributed by atoms with Crippen LogP contribution in [0.4, 0.5) is 0 Å². The molecule has 1 aliphatic rings. The molecule has 1 fully saturated rings. The van der Waals surface area contributed by atoms with Gasteiger partial charge in [0.15, 0.2) is 0 Å². The molecule has 14 heavy (non-hydrogen) atoms. The Kier molecular flexibility index (Phi) is 2.84. The SMILES string of the molecule is Cn1cc(CN2CCC[C@H]2CO)cn1. The third kappa shape index (κ3) is 1.96. The summed E-state index contributed by atoms with van der Waals surface area (Å²) in [7, 11) is 1.93. The molecule has 4 nitrogen and oxygen atoms in total. The smallest absolute Gasteiger partial charge is 0.0587 e. The lowest BCUT2D eigenvalue weighted by Gasteiger charge is -2.21. The molecule has 0 bridgehead atoms. The quantitative estimate of drug-likeness (QED) is 0.758. The number of aliphatic hydroxyl groups excluding tert-OH is 1. The molecule has 0 radical (unpaired) electrons. The summed E-state index contributed by atoms with van der Waals surface area (Å²) in [6.07, 6.45) is 6.25. The van der Waals surface area contributed by atoms with Gasteiger partial charge in [0.1, 0.15) is 0 Å². The summed E-state index contributed by atoms with van der Waals surface area (Å²) in [6.45, 7) is 2.29. The van der Waals surface area contributed by atoms with Gasteiger partial charge >= 0.3 is 0 Å². The van der Waals surface area contributed by atoms with Gasteiger partial charge < -0.3 is 5.11 Å². The number of aliphatic hydroxyl groups is 1. The van der Waals surface area contributed by atoms with Gasteiger partial charge in [-0.15, -0.1) is 0 Å². The molecule has 1 N–H and O–H groups in total. The van der Waals surface area contributed by atoms with E-state index in [1.54, 1.807) is 0 Å². The average molecular weight is 195 g/mol. The normalized spacial score (nSPS) is 23.1. The van der Waals surface area contributed by atoms with Crippen LogP contribution in [0.25, 0.3) is 0 Å². The zero-order valence-electron chi connectivity index (χ0n) is 8.56. The standard InChI is InChI=1S/C10H17N3O/c1-12-6-9(5-11-12)7-13-4-2-3-10(13)8-14/h5-6,10,14H,2-4,7-8H2,1H3/t10-/m0/s1. The molecule has 0 unspecified atom stereocenters. The van der Waals surface area contributed by atoms with Crippen molar-refractivity contribution in [2.24, 2.45) is 7.05 Å². The van der Waals surface area contributed by atoms with E-state index in [9.17, 15) is 0 Å². The molecular weight excluding hydrogens is 178 g/mol. The van der Waals surface area contributed by atoms with Gasteiger partial charge in [0.2, 0.25) is 0 Å². The van der Waals surface area contributed by atoms with E-state index in [0.717, 1.165) is 19.5 Å². The number of likely N-dealkylation sites (tertiary alicyclic amines) is 1. The van der Waals surface area contributed by atoms with E-state index < -0.39 is 0 Å². The van der Waals surface area contributed by atoms with E-state index in [1.807, 2.05) is 24.1 Å². The zero-order chi connectivity index (χ0) is 9.97. The second-order valence-corrected chi connectivity index (χ2v) is 3.97. The molecule has 1 aromatic heterocycles. The second-order valence-electron chi connectivity index (χ2n) is 3.97. The van der Waals surface area contributed by atoms with E-state index in [4.69, 9.17) is 5.11 Å². The molecule has 0 spiro atoms. The summed E-state index contributed by atoms with van der Waals surface area (Å²) in [6, 6.07) is 0.357. The highest BCUT2D eigenvalue weighted by atomic mass is 16.3. The van der Waals surface area contributed by atoms with Gasteiger partial charge in [0, 0.05) is 31.4 Å². The molecule has 2 rings (SSSR count). The van der Waals surface area contributed by atoms with Gasteiger partial charge in [0.25, 0.3) is 0 Å². The van der Waals surface area contributed by atoms with Crippen molar-refractivity contribution in [1.82, 2.24) is 14.7 Å². The molecule has 1 atom stereocenters. The van der Waals surface area contributed by atoms with Crippen LogP contribution in [0.5, 0.6) is 0 Å². The van der Waals surface area contributed by atoms with Crippen LogP contribution in [-0.4, -0.2) is 39.0 Å². The van der Waals surface area contributed by atoms with E-state index in [1.165, 1.54) is 12.0 Å². The summed E-state index contributed by atoms with van der Waals surface area (Å²) in [4.78, 5) is 2.33. The van der Waals surface area contributed by atoms with Gasteiger partial charge in [-0.3, -0.25) is 9.58 Å². The molecule has 0 aromatic carbocycles. The minimum Gasteiger partial charge on any atom is -0.395 e. The number of rotatable bonds is 3. The highest BCUT2D eigenvalue weighted by Gasteiger charge is 2.23. The van der Waals surface area contributed by atoms with E-state index in [0.29, 0.717) is 6.04 Å². The van der Waals surface area contributed by atoms with Crippen molar-refractivity contribution in [3.05, 3.63) is 18.0 Å². The fraction of sp³-hybridized carbons (Fsp3) is 0.700. The topological polar surface area (TPSA) is 41.3 Å². The number of hydrogen-bond acceptors (Lipinski definition) is 3. The summed E-state index contributed by atoms with van der Waals surface area (Å²) >= 11 is 0. The van der Waals surface area contributed by atoms with Crippen LogP contribution >= 0.6 is 0 Å². The van der Waals surface area contributed by atoms with E-state index in [-0.39, 0.29) is 6.61 Å². The molecular formula is C10H17N3O. The monoisotopic (exact) mass is 195 g/mol. The maximum absolute atomic E-state index is 9.16. The largest absolute Gasteiger partial charge is 0.395 e. The number of nitrogens with zero attached hydrogens (tertiary/aromatic N) is 3.